The summed E-state index contributed by atoms with van der Waals surface area (Å²) in [5, 5.41) is 25.0. The molecule has 6 nitrogen and oxygen atoms in total. The van der Waals surface area contributed by atoms with Crippen molar-refractivity contribution in [3.05, 3.63) is 35.4 Å². The lowest BCUT2D eigenvalue weighted by Gasteiger charge is -2.15. The van der Waals surface area contributed by atoms with E-state index in [9.17, 15) is 5.11 Å². The Bertz CT molecular complexity index is 541. The topological polar surface area (TPSA) is 78.8 Å². The number of aromatic amines is 1. The molecule has 0 aromatic carbocycles. The molecule has 0 spiro atoms. The molecule has 0 aliphatic heterocycles. The Morgan fingerprint density at radius 2 is 2.35 bits per heavy atom. The fraction of sp³-hybridized carbons (Fsp3) is 0.538. The molecule has 2 aromatic rings. The van der Waals surface area contributed by atoms with Gasteiger partial charge in [-0.2, -0.15) is 10.2 Å². The molecular weight excluding hydrogens is 278 g/mol. The van der Waals surface area contributed by atoms with Crippen molar-refractivity contribution in [2.24, 2.45) is 5.92 Å². The van der Waals surface area contributed by atoms with Gasteiger partial charge in [-0.25, -0.2) is 0 Å². The van der Waals surface area contributed by atoms with Crippen molar-refractivity contribution in [2.75, 3.05) is 0 Å². The second kappa shape index (κ2) is 5.95. The molecule has 1 aliphatic carbocycles. The zero-order chi connectivity index (χ0) is 13.9. The summed E-state index contributed by atoms with van der Waals surface area (Å²) in [7, 11) is 0. The minimum atomic E-state index is -0.307. The van der Waals surface area contributed by atoms with Gasteiger partial charge in [0.05, 0.1) is 23.5 Å². The number of H-pyrrole nitrogens is 1. The van der Waals surface area contributed by atoms with Gasteiger partial charge in [-0.3, -0.25) is 9.78 Å². The summed E-state index contributed by atoms with van der Waals surface area (Å²) in [4.78, 5) is 0. The molecule has 108 valence electrons. The SMILES string of the molecule is O[C@@H]1CC(Cn2cc(Cl)cn2)C[C@H]1NCc1cn[nH]c1. The van der Waals surface area contributed by atoms with Crippen molar-refractivity contribution < 1.29 is 5.11 Å². The van der Waals surface area contributed by atoms with Crippen molar-refractivity contribution in [1.82, 2.24) is 25.3 Å². The summed E-state index contributed by atoms with van der Waals surface area (Å²) < 4.78 is 1.85. The van der Waals surface area contributed by atoms with Gasteiger partial charge in [-0.1, -0.05) is 11.6 Å². The van der Waals surface area contributed by atoms with Gasteiger partial charge in [-0.05, 0) is 18.8 Å². The lowest BCUT2D eigenvalue weighted by molar-refractivity contribution is 0.145. The zero-order valence-electron chi connectivity index (χ0n) is 11.0. The second-order valence-electron chi connectivity index (χ2n) is 5.38. The number of hydrogen-bond acceptors (Lipinski definition) is 4. The average Bonchev–Trinajstić information content (AvgIpc) is 3.11. The smallest absolute Gasteiger partial charge is 0.0785 e. The Morgan fingerprint density at radius 3 is 3.05 bits per heavy atom. The van der Waals surface area contributed by atoms with E-state index >= 15 is 0 Å². The number of hydrogen-bond donors (Lipinski definition) is 3. The van der Waals surface area contributed by atoms with E-state index in [2.05, 4.69) is 20.6 Å². The normalized spacial score (nSPS) is 26.2. The Hall–Kier alpha value is -1.37. The average molecular weight is 296 g/mol. The van der Waals surface area contributed by atoms with Crippen LogP contribution in [-0.4, -0.2) is 37.2 Å². The van der Waals surface area contributed by atoms with Crippen molar-refractivity contribution in [3.63, 3.8) is 0 Å². The van der Waals surface area contributed by atoms with E-state index in [-0.39, 0.29) is 12.1 Å². The van der Waals surface area contributed by atoms with Crippen LogP contribution in [0.4, 0.5) is 0 Å². The summed E-state index contributed by atoms with van der Waals surface area (Å²) in [6, 6.07) is 0.126. The van der Waals surface area contributed by atoms with E-state index in [1.165, 1.54) is 0 Å². The van der Waals surface area contributed by atoms with E-state index in [0.717, 1.165) is 31.5 Å². The van der Waals surface area contributed by atoms with Crippen LogP contribution in [0.1, 0.15) is 18.4 Å². The number of aliphatic hydroxyl groups excluding tert-OH is 1. The highest BCUT2D eigenvalue weighted by atomic mass is 35.5. The summed E-state index contributed by atoms with van der Waals surface area (Å²) in [6.07, 6.45) is 8.53. The molecule has 2 heterocycles. The Balaban J connectivity index is 1.51. The predicted octanol–water partition coefficient (Wildman–Crippen LogP) is 1.19. The summed E-state index contributed by atoms with van der Waals surface area (Å²) in [6.45, 7) is 1.52. The Morgan fingerprint density at radius 1 is 1.45 bits per heavy atom. The number of aliphatic hydroxyl groups is 1. The first-order valence-electron chi connectivity index (χ1n) is 6.78. The van der Waals surface area contributed by atoms with Crippen LogP contribution in [0.15, 0.2) is 24.8 Å². The minimum absolute atomic E-state index is 0.126. The fourth-order valence-electron chi connectivity index (χ4n) is 2.81. The van der Waals surface area contributed by atoms with Gasteiger partial charge >= 0.3 is 0 Å². The van der Waals surface area contributed by atoms with Gasteiger partial charge < -0.3 is 10.4 Å². The fourth-order valence-corrected chi connectivity index (χ4v) is 2.97. The number of nitrogens with zero attached hydrogens (tertiary/aromatic N) is 3. The third-order valence-corrected chi connectivity index (χ3v) is 3.99. The molecule has 1 unspecified atom stereocenters. The first-order chi connectivity index (χ1) is 9.70. The molecular formula is C13H18ClN5O. The molecule has 3 N–H and O–H groups in total. The van der Waals surface area contributed by atoms with E-state index in [4.69, 9.17) is 11.6 Å². The maximum atomic E-state index is 10.1. The highest BCUT2D eigenvalue weighted by molar-refractivity contribution is 6.30. The molecule has 7 heteroatoms. The molecule has 3 rings (SSSR count). The van der Waals surface area contributed by atoms with Gasteiger partial charge in [-0.15, -0.1) is 0 Å². The number of rotatable bonds is 5. The van der Waals surface area contributed by atoms with Crippen LogP contribution < -0.4 is 5.32 Å². The van der Waals surface area contributed by atoms with Gasteiger partial charge in [0, 0.05) is 37.1 Å². The van der Waals surface area contributed by atoms with Crippen LogP contribution in [0.5, 0.6) is 0 Å². The maximum absolute atomic E-state index is 10.1. The minimum Gasteiger partial charge on any atom is -0.391 e. The highest BCUT2D eigenvalue weighted by Gasteiger charge is 2.32. The maximum Gasteiger partial charge on any atom is 0.0785 e. The molecule has 0 bridgehead atoms. The number of nitrogens with one attached hydrogen (secondary N) is 2. The number of aromatic nitrogens is 4. The summed E-state index contributed by atoms with van der Waals surface area (Å²) in [5.41, 5.74) is 1.10. The van der Waals surface area contributed by atoms with Crippen LogP contribution in [0.25, 0.3) is 0 Å². The van der Waals surface area contributed by atoms with E-state index < -0.39 is 0 Å². The van der Waals surface area contributed by atoms with Crippen molar-refractivity contribution in [1.29, 1.82) is 0 Å². The third kappa shape index (κ3) is 3.20. The van der Waals surface area contributed by atoms with Crippen LogP contribution in [-0.2, 0) is 13.1 Å². The van der Waals surface area contributed by atoms with Crippen molar-refractivity contribution >= 4 is 11.6 Å². The Kier molecular flexibility index (Phi) is 4.05. The molecule has 1 aliphatic rings. The standard InChI is InChI=1S/C13H18ClN5O/c14-11-6-18-19(8-11)7-9-1-12(13(20)2-9)15-3-10-4-16-17-5-10/h4-6,8-9,12-13,15,20H,1-3,7H2,(H,16,17)/t9?,12-,13-/m1/s1. The van der Waals surface area contributed by atoms with Crippen LogP contribution >= 0.6 is 11.6 Å². The molecule has 0 saturated heterocycles. The van der Waals surface area contributed by atoms with Gasteiger partial charge in [0.15, 0.2) is 0 Å². The monoisotopic (exact) mass is 295 g/mol. The van der Waals surface area contributed by atoms with Crippen molar-refractivity contribution in [2.45, 2.75) is 38.1 Å². The molecule has 3 atom stereocenters. The van der Waals surface area contributed by atoms with Gasteiger partial charge in [0.1, 0.15) is 0 Å². The van der Waals surface area contributed by atoms with Gasteiger partial charge in [0.25, 0.3) is 0 Å². The molecule has 1 fully saturated rings. The quantitative estimate of drug-likeness (QED) is 0.774. The van der Waals surface area contributed by atoms with E-state index in [1.807, 2.05) is 17.1 Å². The first-order valence-corrected chi connectivity index (χ1v) is 7.15. The second-order valence-corrected chi connectivity index (χ2v) is 5.82. The molecule has 0 radical (unpaired) electrons. The summed E-state index contributed by atoms with van der Waals surface area (Å²) >= 11 is 5.86. The molecule has 20 heavy (non-hydrogen) atoms. The number of halogens is 1. The molecule has 1 saturated carbocycles. The van der Waals surface area contributed by atoms with Gasteiger partial charge in [0.2, 0.25) is 0 Å². The zero-order valence-corrected chi connectivity index (χ0v) is 11.8. The van der Waals surface area contributed by atoms with Crippen LogP contribution in [0.2, 0.25) is 5.02 Å². The van der Waals surface area contributed by atoms with Crippen molar-refractivity contribution in [3.8, 4) is 0 Å². The van der Waals surface area contributed by atoms with Crippen LogP contribution in [0, 0.1) is 5.92 Å². The van der Waals surface area contributed by atoms with E-state index in [0.29, 0.717) is 10.9 Å². The highest BCUT2D eigenvalue weighted by Crippen LogP contribution is 2.28. The largest absolute Gasteiger partial charge is 0.391 e. The first kappa shape index (κ1) is 13.6. The Labute approximate surface area is 122 Å². The predicted molar refractivity (Wildman–Crippen MR) is 75.2 cm³/mol. The lowest BCUT2D eigenvalue weighted by Crippen LogP contribution is -2.35. The molecule has 0 amide bonds. The third-order valence-electron chi connectivity index (χ3n) is 3.80. The van der Waals surface area contributed by atoms with Crippen LogP contribution in [0.3, 0.4) is 0 Å². The van der Waals surface area contributed by atoms with E-state index in [1.54, 1.807) is 12.4 Å². The lowest BCUT2D eigenvalue weighted by atomic mass is 10.1. The summed E-state index contributed by atoms with van der Waals surface area (Å²) in [5.74, 6) is 0.419. The molecule has 2 aromatic heterocycles.